The molecule has 0 aliphatic heterocycles. The lowest BCUT2D eigenvalue weighted by atomic mass is 10.1. The van der Waals surface area contributed by atoms with Crippen LogP contribution in [0.3, 0.4) is 0 Å². The van der Waals surface area contributed by atoms with Gasteiger partial charge in [-0.1, -0.05) is 5.92 Å². The Kier molecular flexibility index (Phi) is 2.35. The third-order valence-corrected chi connectivity index (χ3v) is 1.46. The van der Waals surface area contributed by atoms with E-state index in [1.165, 1.54) is 0 Å². The maximum Gasteiger partial charge on any atom is 0.152 e. The van der Waals surface area contributed by atoms with Crippen LogP contribution in [0.5, 0.6) is 5.75 Å². The van der Waals surface area contributed by atoms with E-state index in [1.807, 2.05) is 6.92 Å². The van der Waals surface area contributed by atoms with Gasteiger partial charge in [0.15, 0.2) is 6.07 Å². The van der Waals surface area contributed by atoms with Gasteiger partial charge in [0.05, 0.1) is 0 Å². The van der Waals surface area contributed by atoms with E-state index < -0.39 is 0 Å². The summed E-state index contributed by atoms with van der Waals surface area (Å²) in [6, 6.07) is 6.59. The number of nitrogens with zero attached hydrogens (tertiary/aromatic N) is 1. The molecular formula is C10H7NO. The van der Waals surface area contributed by atoms with Gasteiger partial charge >= 0.3 is 0 Å². The van der Waals surface area contributed by atoms with Gasteiger partial charge in [0.25, 0.3) is 0 Å². The van der Waals surface area contributed by atoms with Crippen molar-refractivity contribution in [2.45, 2.75) is 6.92 Å². The number of phenolic OH excluding ortho intramolecular Hbond substituents is 1. The number of aryl methyl sites for hydroxylation is 1. The maximum absolute atomic E-state index is 9.05. The van der Waals surface area contributed by atoms with Crippen LogP contribution >= 0.6 is 0 Å². The van der Waals surface area contributed by atoms with Gasteiger partial charge in [0.2, 0.25) is 0 Å². The zero-order valence-electron chi connectivity index (χ0n) is 6.63. The third-order valence-electron chi connectivity index (χ3n) is 1.46. The van der Waals surface area contributed by atoms with Crippen molar-refractivity contribution in [3.8, 4) is 23.7 Å². The van der Waals surface area contributed by atoms with Crippen LogP contribution in [0.25, 0.3) is 0 Å². The molecule has 58 valence electrons. The largest absolute Gasteiger partial charge is 0.508 e. The van der Waals surface area contributed by atoms with Crippen LogP contribution in [0.4, 0.5) is 0 Å². The predicted octanol–water partition coefficient (Wildman–Crippen LogP) is 1.58. The van der Waals surface area contributed by atoms with E-state index in [-0.39, 0.29) is 5.75 Å². The zero-order valence-corrected chi connectivity index (χ0v) is 6.63. The van der Waals surface area contributed by atoms with E-state index in [2.05, 4.69) is 11.8 Å². The van der Waals surface area contributed by atoms with E-state index in [0.29, 0.717) is 0 Å². The molecule has 1 aromatic rings. The fourth-order valence-electron chi connectivity index (χ4n) is 0.883. The van der Waals surface area contributed by atoms with E-state index in [4.69, 9.17) is 10.4 Å². The van der Waals surface area contributed by atoms with Crippen LogP contribution in [0.1, 0.15) is 11.1 Å². The fourth-order valence-corrected chi connectivity index (χ4v) is 0.883. The Bertz CT molecular complexity index is 391. The van der Waals surface area contributed by atoms with Crippen molar-refractivity contribution in [2.24, 2.45) is 0 Å². The molecule has 0 fully saturated rings. The van der Waals surface area contributed by atoms with Crippen molar-refractivity contribution in [2.75, 3.05) is 0 Å². The first-order valence-corrected chi connectivity index (χ1v) is 3.44. The quantitative estimate of drug-likeness (QED) is 0.581. The van der Waals surface area contributed by atoms with Crippen molar-refractivity contribution in [1.29, 1.82) is 5.26 Å². The maximum atomic E-state index is 9.05. The molecule has 2 nitrogen and oxygen atoms in total. The highest BCUT2D eigenvalue weighted by Crippen LogP contribution is 2.14. The highest BCUT2D eigenvalue weighted by atomic mass is 16.3. The molecular weight excluding hydrogens is 150 g/mol. The van der Waals surface area contributed by atoms with Gasteiger partial charge in [-0.3, -0.25) is 0 Å². The molecule has 0 unspecified atom stereocenters. The Morgan fingerprint density at radius 1 is 1.42 bits per heavy atom. The smallest absolute Gasteiger partial charge is 0.152 e. The highest BCUT2D eigenvalue weighted by molar-refractivity contribution is 5.45. The molecule has 12 heavy (non-hydrogen) atoms. The first kappa shape index (κ1) is 8.17. The number of benzene rings is 1. The topological polar surface area (TPSA) is 44.0 Å². The standard InChI is InChI=1S/C10H7NO/c1-8-7-10(12)5-4-9(8)3-2-6-11/h4-5,7,12H,1H3. The van der Waals surface area contributed by atoms with E-state index in [1.54, 1.807) is 24.3 Å². The Morgan fingerprint density at radius 2 is 2.17 bits per heavy atom. The molecule has 0 aliphatic carbocycles. The first-order valence-electron chi connectivity index (χ1n) is 3.44. The molecule has 1 N–H and O–H groups in total. The Morgan fingerprint density at radius 3 is 2.75 bits per heavy atom. The van der Waals surface area contributed by atoms with Crippen molar-refractivity contribution in [1.82, 2.24) is 0 Å². The predicted molar refractivity (Wildman–Crippen MR) is 45.3 cm³/mol. The SMILES string of the molecule is Cc1cc(O)ccc1C#CC#N. The lowest BCUT2D eigenvalue weighted by Gasteiger charge is -1.96. The van der Waals surface area contributed by atoms with E-state index in [9.17, 15) is 0 Å². The summed E-state index contributed by atoms with van der Waals surface area (Å²) in [4.78, 5) is 0. The van der Waals surface area contributed by atoms with E-state index in [0.717, 1.165) is 11.1 Å². The van der Waals surface area contributed by atoms with Gasteiger partial charge in [-0.05, 0) is 30.7 Å². The summed E-state index contributed by atoms with van der Waals surface area (Å²) >= 11 is 0. The average molecular weight is 157 g/mol. The van der Waals surface area contributed by atoms with Gasteiger partial charge in [-0.2, -0.15) is 5.26 Å². The van der Waals surface area contributed by atoms with Gasteiger partial charge in [0, 0.05) is 11.5 Å². The van der Waals surface area contributed by atoms with Gasteiger partial charge in [-0.15, -0.1) is 0 Å². The minimum atomic E-state index is 0.218. The Labute approximate surface area is 71.1 Å². The Balaban J connectivity index is 3.12. The summed E-state index contributed by atoms with van der Waals surface area (Å²) < 4.78 is 0. The second-order valence-electron chi connectivity index (χ2n) is 2.36. The third kappa shape index (κ3) is 1.78. The highest BCUT2D eigenvalue weighted by Gasteiger charge is 1.94. The first-order chi connectivity index (χ1) is 5.74. The molecule has 0 aliphatic rings. The van der Waals surface area contributed by atoms with Crippen LogP contribution in [0.15, 0.2) is 18.2 Å². The summed E-state index contributed by atoms with van der Waals surface area (Å²) in [6.45, 7) is 1.83. The molecule has 0 radical (unpaired) electrons. The molecule has 0 amide bonds. The minimum absolute atomic E-state index is 0.218. The number of nitriles is 1. The van der Waals surface area contributed by atoms with Crippen molar-refractivity contribution < 1.29 is 5.11 Å². The summed E-state index contributed by atoms with van der Waals surface area (Å²) in [7, 11) is 0. The summed E-state index contributed by atoms with van der Waals surface area (Å²) in [6.07, 6.45) is 0. The molecule has 0 saturated carbocycles. The normalized spacial score (nSPS) is 8.00. The van der Waals surface area contributed by atoms with Crippen LogP contribution in [-0.4, -0.2) is 5.11 Å². The van der Waals surface area contributed by atoms with Gasteiger partial charge < -0.3 is 5.11 Å². The summed E-state index contributed by atoms with van der Waals surface area (Å²) in [5.41, 5.74) is 1.65. The number of hydrogen-bond acceptors (Lipinski definition) is 2. The van der Waals surface area contributed by atoms with Crippen molar-refractivity contribution >= 4 is 0 Å². The molecule has 0 saturated heterocycles. The second-order valence-corrected chi connectivity index (χ2v) is 2.36. The summed E-state index contributed by atoms with van der Waals surface area (Å²) in [5.74, 6) is 5.18. The number of aromatic hydroxyl groups is 1. The molecule has 0 aromatic heterocycles. The molecule has 0 bridgehead atoms. The molecule has 0 spiro atoms. The molecule has 1 aromatic carbocycles. The fraction of sp³-hybridized carbons (Fsp3) is 0.100. The van der Waals surface area contributed by atoms with E-state index >= 15 is 0 Å². The van der Waals surface area contributed by atoms with Crippen LogP contribution in [0, 0.1) is 30.1 Å². The second kappa shape index (κ2) is 3.46. The number of rotatable bonds is 0. The molecule has 2 heteroatoms. The lowest BCUT2D eigenvalue weighted by molar-refractivity contribution is 0.475. The van der Waals surface area contributed by atoms with Crippen LogP contribution in [0.2, 0.25) is 0 Å². The van der Waals surface area contributed by atoms with Crippen LogP contribution in [-0.2, 0) is 0 Å². The lowest BCUT2D eigenvalue weighted by Crippen LogP contribution is -1.80. The Hall–Kier alpha value is -1.93. The minimum Gasteiger partial charge on any atom is -0.508 e. The number of phenols is 1. The van der Waals surface area contributed by atoms with Gasteiger partial charge in [-0.25, -0.2) is 0 Å². The molecule has 1 rings (SSSR count). The van der Waals surface area contributed by atoms with Crippen LogP contribution < -0.4 is 0 Å². The average Bonchev–Trinajstić information content (AvgIpc) is 2.03. The molecule has 0 atom stereocenters. The molecule has 0 heterocycles. The van der Waals surface area contributed by atoms with Crippen molar-refractivity contribution in [3.63, 3.8) is 0 Å². The van der Waals surface area contributed by atoms with Gasteiger partial charge in [0.1, 0.15) is 5.75 Å². The number of hydrogen-bond donors (Lipinski definition) is 1. The monoisotopic (exact) mass is 157 g/mol. The van der Waals surface area contributed by atoms with Crippen molar-refractivity contribution in [3.05, 3.63) is 29.3 Å². The zero-order chi connectivity index (χ0) is 8.97. The summed E-state index contributed by atoms with van der Waals surface area (Å²) in [5, 5.41) is 17.2.